The maximum Gasteiger partial charge on any atom is 0.490 e. The highest BCUT2D eigenvalue weighted by atomic mass is 35.5. The Labute approximate surface area is 212 Å². The second kappa shape index (κ2) is 10.1. The van der Waals surface area contributed by atoms with Gasteiger partial charge in [-0.3, -0.25) is 9.09 Å². The van der Waals surface area contributed by atoms with E-state index in [0.29, 0.717) is 0 Å². The van der Waals surface area contributed by atoms with E-state index in [4.69, 9.17) is 48.6 Å². The fourth-order valence-corrected chi connectivity index (χ4v) is 7.19. The Morgan fingerprint density at radius 2 is 1.94 bits per heavy atom. The summed E-state index contributed by atoms with van der Waals surface area (Å²) >= 11 is 11.8. The van der Waals surface area contributed by atoms with E-state index in [0.717, 1.165) is 6.92 Å². The quantitative estimate of drug-likeness (QED) is 0.0954. The van der Waals surface area contributed by atoms with Crippen molar-refractivity contribution in [1.82, 2.24) is 19.5 Å². The van der Waals surface area contributed by atoms with Crippen LogP contribution in [-0.2, 0) is 31.6 Å². The molecule has 0 radical (unpaired) electrons. The number of aliphatic hydroxyl groups excluding tert-OH is 1. The van der Waals surface area contributed by atoms with Crippen LogP contribution in [0.4, 0.5) is 5.95 Å². The van der Waals surface area contributed by atoms with Crippen molar-refractivity contribution in [3.8, 4) is 11.8 Å². The highest BCUT2D eigenvalue weighted by Crippen LogP contribution is 2.66. The Morgan fingerprint density at radius 1 is 1.31 bits per heavy atom. The normalized spacial score (nSPS) is 28.7. The van der Waals surface area contributed by atoms with Crippen LogP contribution in [0.3, 0.4) is 0 Å². The van der Waals surface area contributed by atoms with Gasteiger partial charge in [-0.1, -0.05) is 29.7 Å². The van der Waals surface area contributed by atoms with Crippen LogP contribution in [0.15, 0.2) is 6.33 Å². The summed E-state index contributed by atoms with van der Waals surface area (Å²) in [6.07, 6.45) is -4.89. The maximum atomic E-state index is 12.2. The van der Waals surface area contributed by atoms with Crippen molar-refractivity contribution in [3.05, 3.63) is 11.0 Å². The van der Waals surface area contributed by atoms with Gasteiger partial charge in [-0.2, -0.15) is 8.62 Å². The van der Waals surface area contributed by atoms with Crippen molar-refractivity contribution in [3.63, 3.8) is 0 Å². The fraction of sp³-hybridized carbons (Fsp3) is 0.500. The number of H-pyrrole nitrogens is 1. The molecule has 8 N–H and O–H groups in total. The van der Waals surface area contributed by atoms with E-state index in [2.05, 4.69) is 35.4 Å². The summed E-state index contributed by atoms with van der Waals surface area (Å²) in [5.74, 6) is 5.10. The molecule has 1 fully saturated rings. The molecule has 17 nitrogen and oxygen atoms in total. The fourth-order valence-electron chi connectivity index (χ4n) is 3.37. The summed E-state index contributed by atoms with van der Waals surface area (Å²) < 4.78 is 53.9. The average molecular weight is 610 g/mol. The van der Waals surface area contributed by atoms with Gasteiger partial charge in [-0.15, -0.1) is 5.92 Å². The number of anilines is 1. The van der Waals surface area contributed by atoms with Gasteiger partial charge in [0.1, 0.15) is 23.4 Å². The topological polar surface area (TPSA) is 262 Å². The van der Waals surface area contributed by atoms with Crippen molar-refractivity contribution in [2.45, 2.75) is 43.3 Å². The first-order valence-corrected chi connectivity index (χ1v) is 14.7. The Kier molecular flexibility index (Phi) is 8.25. The average Bonchev–Trinajstić information content (AvgIpc) is 3.18. The van der Waals surface area contributed by atoms with Gasteiger partial charge in [0, 0.05) is 0 Å². The number of halogens is 1. The summed E-state index contributed by atoms with van der Waals surface area (Å²) in [6, 6.07) is 0. The van der Waals surface area contributed by atoms with Crippen molar-refractivity contribution in [2.75, 3.05) is 5.73 Å². The number of hydrogen-bond acceptors (Lipinski definition) is 12. The lowest BCUT2D eigenvalue weighted by atomic mass is 9.96. The zero-order chi connectivity index (χ0) is 27.3. The minimum atomic E-state index is -5.76. The third kappa shape index (κ3) is 6.24. The lowest BCUT2D eigenvalue weighted by Crippen LogP contribution is -2.43. The second-order valence-electron chi connectivity index (χ2n) is 7.22. The summed E-state index contributed by atoms with van der Waals surface area (Å²) in [5.41, 5.74) is 6.13. The van der Waals surface area contributed by atoms with Crippen LogP contribution in [0.1, 0.15) is 20.1 Å². The van der Waals surface area contributed by atoms with Gasteiger partial charge in [0.2, 0.25) is 0 Å². The number of nitrogens with two attached hydrogens (primary N) is 1. The molecule has 0 aromatic carbocycles. The Bertz CT molecular complexity index is 1440. The Balaban J connectivity index is 1.92. The zero-order valence-corrected chi connectivity index (χ0v) is 22.3. The van der Waals surface area contributed by atoms with E-state index in [1.165, 1.54) is 17.8 Å². The molecule has 1 aliphatic rings. The molecule has 36 heavy (non-hydrogen) atoms. The smallest absolute Gasteiger partial charge is 0.387 e. The summed E-state index contributed by atoms with van der Waals surface area (Å²) in [4.78, 5) is 45.3. The van der Waals surface area contributed by atoms with Gasteiger partial charge in [-0.25, -0.2) is 23.7 Å². The van der Waals surface area contributed by atoms with E-state index < -0.39 is 52.9 Å². The minimum Gasteiger partial charge on any atom is -0.387 e. The monoisotopic (exact) mass is 609 g/mol. The first kappa shape index (κ1) is 29.3. The van der Waals surface area contributed by atoms with Gasteiger partial charge in [0.05, 0.1) is 12.4 Å². The van der Waals surface area contributed by atoms with Gasteiger partial charge >= 0.3 is 23.5 Å². The van der Waals surface area contributed by atoms with Crippen LogP contribution in [0.25, 0.3) is 11.2 Å². The highest BCUT2D eigenvalue weighted by molar-refractivity contribution is 7.71. The molecule has 0 saturated carbocycles. The molecule has 22 heteroatoms. The predicted octanol–water partition coefficient (Wildman–Crippen LogP) is 1.06. The van der Waals surface area contributed by atoms with Crippen molar-refractivity contribution in [1.29, 1.82) is 0 Å². The lowest BCUT2D eigenvalue weighted by molar-refractivity contribution is -0.0728. The Hall–Kier alpha value is -1.25. The molecule has 1 saturated heterocycles. The molecule has 0 aliphatic carbocycles. The number of nitrogens with one attached hydrogen (secondary N) is 1. The number of nitrogens with zero attached hydrogens (tertiary/aromatic N) is 3. The molecule has 0 bridgehead atoms. The molecule has 0 spiro atoms. The third-order valence-electron chi connectivity index (χ3n) is 4.60. The molecular formula is C14H19ClN5O12P3S. The number of aromatic amines is 1. The highest BCUT2D eigenvalue weighted by Gasteiger charge is 2.58. The molecule has 3 unspecified atom stereocenters. The number of ether oxygens (including phenoxy) is 1. The van der Waals surface area contributed by atoms with Crippen molar-refractivity contribution < 1.29 is 56.3 Å². The summed E-state index contributed by atoms with van der Waals surface area (Å²) in [5, 5.41) is 11.0. The van der Waals surface area contributed by atoms with E-state index in [-0.39, 0.29) is 21.8 Å². The number of alkyl halides is 1. The van der Waals surface area contributed by atoms with Gasteiger partial charge < -0.3 is 40.1 Å². The summed E-state index contributed by atoms with van der Waals surface area (Å²) in [7, 11) is -16.9. The number of aromatic nitrogens is 4. The van der Waals surface area contributed by atoms with E-state index in [9.17, 15) is 28.6 Å². The number of hydrogen-bond donors (Lipinski definition) is 7. The Morgan fingerprint density at radius 3 is 2.53 bits per heavy atom. The number of phosphoric ester groups is 1. The predicted molar refractivity (Wildman–Crippen MR) is 123 cm³/mol. The van der Waals surface area contributed by atoms with E-state index in [1.807, 2.05) is 0 Å². The largest absolute Gasteiger partial charge is 0.490 e. The lowest BCUT2D eigenvalue weighted by Gasteiger charge is -2.26. The molecule has 2 aromatic rings. The number of fused-ring (bicyclic) bond motifs is 1. The molecule has 200 valence electrons. The number of rotatable bonds is 8. The number of aliphatic hydroxyl groups is 1. The van der Waals surface area contributed by atoms with Crippen LogP contribution >= 0.6 is 47.3 Å². The van der Waals surface area contributed by atoms with Crippen LogP contribution in [-0.4, -0.2) is 67.4 Å². The second-order valence-corrected chi connectivity index (χ2v) is 12.6. The molecule has 3 heterocycles. The van der Waals surface area contributed by atoms with Gasteiger partial charge in [0.15, 0.2) is 21.7 Å². The first-order valence-electron chi connectivity index (χ1n) is 9.40. The molecule has 3 rings (SSSR count). The third-order valence-corrected chi connectivity index (χ3v) is 9.31. The van der Waals surface area contributed by atoms with E-state index >= 15 is 0 Å². The van der Waals surface area contributed by atoms with Crippen LogP contribution < -0.4 is 5.73 Å². The molecule has 7 atom stereocenters. The molecule has 2 aromatic heterocycles. The van der Waals surface area contributed by atoms with Crippen LogP contribution in [0.5, 0.6) is 0 Å². The molecule has 0 amide bonds. The first-order chi connectivity index (χ1) is 16.4. The molecular weight excluding hydrogens is 591 g/mol. The number of imidazole rings is 1. The van der Waals surface area contributed by atoms with Crippen LogP contribution in [0.2, 0.25) is 0 Å². The van der Waals surface area contributed by atoms with Gasteiger partial charge in [-0.05, 0) is 13.8 Å². The van der Waals surface area contributed by atoms with Gasteiger partial charge in [0.25, 0.3) is 0 Å². The van der Waals surface area contributed by atoms with Crippen molar-refractivity contribution >= 4 is 64.4 Å². The van der Waals surface area contributed by atoms with E-state index in [1.54, 1.807) is 0 Å². The zero-order valence-electron chi connectivity index (χ0n) is 18.0. The molecule has 1 aliphatic heterocycles. The van der Waals surface area contributed by atoms with Crippen LogP contribution in [0, 0.1) is 16.5 Å². The minimum absolute atomic E-state index is 0.0536. The van der Waals surface area contributed by atoms with Crippen molar-refractivity contribution in [2.24, 2.45) is 0 Å². The maximum absolute atomic E-state index is 12.2. The number of phosphoric acid groups is 3. The SMILES string of the molecule is CC#CC1(Cl)[C@@H](O)[C@@H]([C@H](C)OP(=O)(O)OP(=O)(O)OP(=O)(O)O)O[C@H]1n1cnc2c(=S)nc(N)[nH]c21. The number of nitrogen functional groups attached to an aromatic ring is 1. The summed E-state index contributed by atoms with van der Waals surface area (Å²) in [6.45, 7) is 2.55. The standard InChI is InChI=1S/C14H19ClN5O12P3S/c1-3-4-14(15)9(21)8(6(2)30-34(25,26)32-35(27,28)31-33(22,23)24)29-12(14)20-5-17-7-10(20)18-13(16)19-11(7)36/h5-6,8-9,12,21H,1-2H3,(H,25,26)(H,27,28)(H2,22,23,24)(H3,16,18,19,36)/t6-,8+,9-,12+,14?/m0/s1.